The molecule has 1 aromatic heterocycles. The third kappa shape index (κ3) is 2.67. The van der Waals surface area contributed by atoms with E-state index in [1.54, 1.807) is 0 Å². The molecular formula is C13H12ClN3O2S. The number of nitrogens with zero attached hydrogens (tertiary/aromatic N) is 2. The number of benzene rings is 1. The maximum atomic E-state index is 12.2. The maximum Gasteiger partial charge on any atom is 0.243 e. The van der Waals surface area contributed by atoms with Gasteiger partial charge in [0.1, 0.15) is 4.90 Å². The van der Waals surface area contributed by atoms with E-state index in [9.17, 15) is 8.42 Å². The standard InChI is InChI=1S/C13H12ClN3O2S/c14-13-15-7-12(8-16-13)20(18,19)17-11-5-9-3-1-2-4-10(9)6-11/h1-4,7-8,11,17H,5-6H2. The second-order valence-electron chi connectivity index (χ2n) is 4.68. The average Bonchev–Trinajstić information content (AvgIpc) is 2.80. The van der Waals surface area contributed by atoms with Crippen molar-refractivity contribution in [2.75, 3.05) is 0 Å². The van der Waals surface area contributed by atoms with E-state index in [0.29, 0.717) is 12.8 Å². The van der Waals surface area contributed by atoms with Crippen LogP contribution in [0.4, 0.5) is 0 Å². The van der Waals surface area contributed by atoms with Gasteiger partial charge in [0, 0.05) is 6.04 Å². The maximum absolute atomic E-state index is 12.2. The van der Waals surface area contributed by atoms with Gasteiger partial charge in [-0.1, -0.05) is 24.3 Å². The fourth-order valence-electron chi connectivity index (χ4n) is 2.37. The van der Waals surface area contributed by atoms with Crippen molar-refractivity contribution in [2.24, 2.45) is 0 Å². The molecule has 0 radical (unpaired) electrons. The van der Waals surface area contributed by atoms with E-state index < -0.39 is 10.0 Å². The summed E-state index contributed by atoms with van der Waals surface area (Å²) < 4.78 is 27.1. The van der Waals surface area contributed by atoms with Gasteiger partial charge in [-0.2, -0.15) is 0 Å². The molecule has 0 saturated heterocycles. The molecule has 104 valence electrons. The molecule has 0 aliphatic heterocycles. The summed E-state index contributed by atoms with van der Waals surface area (Å²) >= 11 is 5.56. The van der Waals surface area contributed by atoms with Crippen molar-refractivity contribution in [1.29, 1.82) is 0 Å². The summed E-state index contributed by atoms with van der Waals surface area (Å²) in [5.41, 5.74) is 2.38. The van der Waals surface area contributed by atoms with Crippen LogP contribution in [0.15, 0.2) is 41.6 Å². The van der Waals surface area contributed by atoms with Gasteiger partial charge in [-0.25, -0.2) is 23.1 Å². The monoisotopic (exact) mass is 309 g/mol. The van der Waals surface area contributed by atoms with E-state index in [2.05, 4.69) is 14.7 Å². The average molecular weight is 310 g/mol. The first-order valence-electron chi connectivity index (χ1n) is 6.11. The lowest BCUT2D eigenvalue weighted by molar-refractivity contribution is 0.555. The van der Waals surface area contributed by atoms with Crippen LogP contribution in [-0.2, 0) is 22.9 Å². The fraction of sp³-hybridized carbons (Fsp3) is 0.231. The molecule has 1 aliphatic carbocycles. The third-order valence-electron chi connectivity index (χ3n) is 3.28. The Labute approximate surface area is 122 Å². The van der Waals surface area contributed by atoms with Crippen LogP contribution in [0.5, 0.6) is 0 Å². The smallest absolute Gasteiger partial charge is 0.225 e. The minimum atomic E-state index is -3.61. The van der Waals surface area contributed by atoms with Crippen LogP contribution in [0, 0.1) is 0 Å². The first-order chi connectivity index (χ1) is 9.54. The van der Waals surface area contributed by atoms with Gasteiger partial charge < -0.3 is 0 Å². The van der Waals surface area contributed by atoms with E-state index >= 15 is 0 Å². The molecule has 5 nitrogen and oxygen atoms in total. The minimum Gasteiger partial charge on any atom is -0.225 e. The Morgan fingerprint density at radius 3 is 2.20 bits per heavy atom. The second-order valence-corrected chi connectivity index (χ2v) is 6.74. The fourth-order valence-corrected chi connectivity index (χ4v) is 3.59. The predicted octanol–water partition coefficient (Wildman–Crippen LogP) is 1.58. The van der Waals surface area contributed by atoms with Gasteiger partial charge in [0.25, 0.3) is 0 Å². The van der Waals surface area contributed by atoms with Crippen molar-refractivity contribution >= 4 is 21.6 Å². The molecule has 0 atom stereocenters. The van der Waals surface area contributed by atoms with Crippen LogP contribution >= 0.6 is 11.6 Å². The molecule has 1 heterocycles. The lowest BCUT2D eigenvalue weighted by Crippen LogP contribution is -2.35. The zero-order valence-electron chi connectivity index (χ0n) is 10.5. The van der Waals surface area contributed by atoms with E-state index in [1.165, 1.54) is 23.5 Å². The van der Waals surface area contributed by atoms with Crippen molar-refractivity contribution in [1.82, 2.24) is 14.7 Å². The number of hydrogen-bond donors (Lipinski definition) is 1. The van der Waals surface area contributed by atoms with Crippen molar-refractivity contribution in [3.8, 4) is 0 Å². The second kappa shape index (κ2) is 5.12. The van der Waals surface area contributed by atoms with Gasteiger partial charge in [-0.3, -0.25) is 0 Å². The number of aromatic nitrogens is 2. The van der Waals surface area contributed by atoms with Crippen molar-refractivity contribution in [3.63, 3.8) is 0 Å². The minimum absolute atomic E-state index is 0.0252. The summed E-state index contributed by atoms with van der Waals surface area (Å²) in [7, 11) is -3.61. The molecule has 1 N–H and O–H groups in total. The molecule has 0 spiro atoms. The number of rotatable bonds is 3. The van der Waals surface area contributed by atoms with Crippen LogP contribution < -0.4 is 4.72 Å². The van der Waals surface area contributed by atoms with Crippen molar-refractivity contribution in [3.05, 3.63) is 53.1 Å². The van der Waals surface area contributed by atoms with Gasteiger partial charge in [-0.05, 0) is 35.6 Å². The van der Waals surface area contributed by atoms with Gasteiger partial charge in [0.2, 0.25) is 15.3 Å². The quantitative estimate of drug-likeness (QED) is 0.874. The summed E-state index contributed by atoms with van der Waals surface area (Å²) in [6.07, 6.45) is 3.81. The molecule has 0 unspecified atom stereocenters. The molecule has 2 aromatic rings. The number of nitrogens with one attached hydrogen (secondary N) is 1. The summed E-state index contributed by atoms with van der Waals surface area (Å²) in [4.78, 5) is 7.42. The molecule has 0 fully saturated rings. The molecule has 0 saturated carbocycles. The third-order valence-corrected chi connectivity index (χ3v) is 4.95. The SMILES string of the molecule is O=S(=O)(NC1Cc2ccccc2C1)c1cnc(Cl)nc1. The number of halogens is 1. The Balaban J connectivity index is 1.77. The van der Waals surface area contributed by atoms with Gasteiger partial charge in [-0.15, -0.1) is 0 Å². The first kappa shape index (κ1) is 13.5. The normalized spacial score (nSPS) is 15.2. The highest BCUT2D eigenvalue weighted by Crippen LogP contribution is 2.23. The molecule has 0 amide bonds. The predicted molar refractivity (Wildman–Crippen MR) is 75.0 cm³/mol. The highest BCUT2D eigenvalue weighted by molar-refractivity contribution is 7.89. The topological polar surface area (TPSA) is 72.0 Å². The molecule has 20 heavy (non-hydrogen) atoms. The molecular weight excluding hydrogens is 298 g/mol. The lowest BCUT2D eigenvalue weighted by Gasteiger charge is -2.12. The lowest BCUT2D eigenvalue weighted by atomic mass is 10.1. The Bertz CT molecular complexity index is 707. The van der Waals surface area contributed by atoms with Crippen LogP contribution in [0.25, 0.3) is 0 Å². The highest BCUT2D eigenvalue weighted by atomic mass is 35.5. The summed E-state index contributed by atoms with van der Waals surface area (Å²) in [6, 6.07) is 7.84. The number of fused-ring (bicyclic) bond motifs is 1. The summed E-state index contributed by atoms with van der Waals surface area (Å²) in [6.45, 7) is 0. The highest BCUT2D eigenvalue weighted by Gasteiger charge is 2.26. The molecule has 3 rings (SSSR count). The zero-order valence-corrected chi connectivity index (χ0v) is 12.0. The molecule has 1 aliphatic rings. The molecule has 1 aromatic carbocycles. The van der Waals surface area contributed by atoms with Crippen LogP contribution in [0.1, 0.15) is 11.1 Å². The van der Waals surface area contributed by atoms with E-state index in [0.717, 1.165) is 0 Å². The van der Waals surface area contributed by atoms with Crippen LogP contribution in [0.3, 0.4) is 0 Å². The number of sulfonamides is 1. The molecule has 7 heteroatoms. The van der Waals surface area contributed by atoms with Gasteiger partial charge >= 0.3 is 0 Å². The Morgan fingerprint density at radius 2 is 1.65 bits per heavy atom. The zero-order chi connectivity index (χ0) is 14.2. The summed E-state index contributed by atoms with van der Waals surface area (Å²) in [5.74, 6) is 0. The van der Waals surface area contributed by atoms with E-state index in [-0.39, 0.29) is 16.2 Å². The van der Waals surface area contributed by atoms with Crippen LogP contribution in [0.2, 0.25) is 5.28 Å². The van der Waals surface area contributed by atoms with Crippen molar-refractivity contribution in [2.45, 2.75) is 23.8 Å². The Kier molecular flexibility index (Phi) is 3.45. The first-order valence-corrected chi connectivity index (χ1v) is 7.97. The largest absolute Gasteiger partial charge is 0.243 e. The van der Waals surface area contributed by atoms with Gasteiger partial charge in [0.05, 0.1) is 12.4 Å². The summed E-state index contributed by atoms with van der Waals surface area (Å²) in [5, 5.41) is 0.0252. The Morgan fingerprint density at radius 1 is 1.10 bits per heavy atom. The van der Waals surface area contributed by atoms with Gasteiger partial charge in [0.15, 0.2) is 0 Å². The van der Waals surface area contributed by atoms with E-state index in [1.807, 2.05) is 24.3 Å². The van der Waals surface area contributed by atoms with E-state index in [4.69, 9.17) is 11.6 Å². The molecule has 0 bridgehead atoms. The van der Waals surface area contributed by atoms with Crippen molar-refractivity contribution < 1.29 is 8.42 Å². The van der Waals surface area contributed by atoms with Crippen LogP contribution in [-0.4, -0.2) is 24.4 Å². The Hall–Kier alpha value is -1.50. The number of hydrogen-bond acceptors (Lipinski definition) is 4.